The second-order valence-corrected chi connectivity index (χ2v) is 3.28. The van der Waals surface area contributed by atoms with Crippen molar-refractivity contribution < 1.29 is 24.9 Å². The van der Waals surface area contributed by atoms with Crippen LogP contribution < -0.4 is 0 Å². The number of unbranched alkanes of at least 4 members (excludes halogenated alkanes) is 2. The maximum Gasteiger partial charge on any atom is 0.305 e. The second kappa shape index (κ2) is 14.3. The van der Waals surface area contributed by atoms with Crippen molar-refractivity contribution in [2.45, 2.75) is 45.6 Å². The van der Waals surface area contributed by atoms with E-state index in [9.17, 15) is 4.79 Å². The van der Waals surface area contributed by atoms with Crippen LogP contribution in [0.3, 0.4) is 0 Å². The number of carbonyl (C=O) groups excluding carboxylic acids is 1. The zero-order valence-electron chi connectivity index (χ0n) is 10.2. The molecular weight excluding hydrogens is 212 g/mol. The first-order chi connectivity index (χ1) is 7.62. The number of esters is 1. The molecule has 5 heteroatoms. The molecule has 0 aromatic heterocycles. The number of hydrogen-bond donors (Lipinski definition) is 3. The van der Waals surface area contributed by atoms with Gasteiger partial charge in [-0.2, -0.15) is 0 Å². The number of rotatable bonds is 7. The Kier molecular flexibility index (Phi) is 15.9. The molecule has 0 bridgehead atoms. The lowest BCUT2D eigenvalue weighted by Crippen LogP contribution is -2.15. The molecule has 16 heavy (non-hydrogen) atoms. The number of aliphatic hydroxyl groups excluding tert-OH is 3. The summed E-state index contributed by atoms with van der Waals surface area (Å²) in [5.74, 6) is -0.0593. The van der Waals surface area contributed by atoms with Crippen LogP contribution in [-0.2, 0) is 9.53 Å². The van der Waals surface area contributed by atoms with Crippen LogP contribution in [0.1, 0.15) is 39.5 Å². The maximum absolute atomic E-state index is 10.7. The minimum absolute atomic E-state index is 0.0593. The molecule has 0 radical (unpaired) electrons. The first kappa shape index (κ1) is 17.7. The van der Waals surface area contributed by atoms with Crippen LogP contribution in [0.2, 0.25) is 0 Å². The van der Waals surface area contributed by atoms with E-state index in [2.05, 4.69) is 6.92 Å². The average Bonchev–Trinajstić information content (AvgIpc) is 2.29. The van der Waals surface area contributed by atoms with Gasteiger partial charge in [-0.3, -0.25) is 4.79 Å². The van der Waals surface area contributed by atoms with E-state index in [0.717, 1.165) is 19.3 Å². The smallest absolute Gasteiger partial charge is 0.305 e. The van der Waals surface area contributed by atoms with Gasteiger partial charge in [0.05, 0.1) is 19.8 Å². The van der Waals surface area contributed by atoms with Gasteiger partial charge in [0.15, 0.2) is 0 Å². The van der Waals surface area contributed by atoms with Crippen molar-refractivity contribution in [2.24, 2.45) is 0 Å². The predicted octanol–water partition coefficient (Wildman–Crippen LogP) is 0.462. The Hall–Kier alpha value is -0.650. The van der Waals surface area contributed by atoms with Gasteiger partial charge in [-0.1, -0.05) is 19.8 Å². The van der Waals surface area contributed by atoms with Crippen LogP contribution in [0.4, 0.5) is 0 Å². The molecule has 0 aromatic rings. The van der Waals surface area contributed by atoms with E-state index < -0.39 is 6.10 Å². The van der Waals surface area contributed by atoms with Gasteiger partial charge in [-0.05, 0) is 13.3 Å². The fourth-order valence-corrected chi connectivity index (χ4v) is 0.810. The first-order valence-corrected chi connectivity index (χ1v) is 5.67. The molecule has 0 amide bonds. The summed E-state index contributed by atoms with van der Waals surface area (Å²) >= 11 is 0. The molecule has 0 saturated carbocycles. The largest absolute Gasteiger partial charge is 0.466 e. The Morgan fingerprint density at radius 1 is 1.19 bits per heavy atom. The molecule has 98 valence electrons. The van der Waals surface area contributed by atoms with Gasteiger partial charge in [-0.15, -0.1) is 0 Å². The van der Waals surface area contributed by atoms with Gasteiger partial charge in [0.2, 0.25) is 0 Å². The third kappa shape index (κ3) is 15.8. The molecule has 0 aliphatic rings. The van der Waals surface area contributed by atoms with Gasteiger partial charge < -0.3 is 20.1 Å². The van der Waals surface area contributed by atoms with E-state index in [1.807, 2.05) is 6.92 Å². The quantitative estimate of drug-likeness (QED) is 0.441. The van der Waals surface area contributed by atoms with Gasteiger partial charge in [-0.25, -0.2) is 0 Å². The van der Waals surface area contributed by atoms with Crippen LogP contribution in [0, 0.1) is 0 Å². The highest BCUT2D eigenvalue weighted by Crippen LogP contribution is 1.99. The van der Waals surface area contributed by atoms with Gasteiger partial charge >= 0.3 is 5.97 Å². The van der Waals surface area contributed by atoms with E-state index in [1.165, 1.54) is 0 Å². The molecule has 0 aliphatic heterocycles. The molecule has 5 nitrogen and oxygen atoms in total. The standard InChI is InChI=1S/C8H16O2.C3H8O3/c1-3-5-6-7-8(9)10-4-2;4-1-3(6)2-5/h3-7H2,1-2H3;3-6H,1-2H2. The molecular formula is C11H24O5. The lowest BCUT2D eigenvalue weighted by Gasteiger charge is -1.99. The number of aliphatic hydroxyl groups is 3. The molecule has 0 aromatic carbocycles. The third-order valence-corrected chi connectivity index (χ3v) is 1.71. The summed E-state index contributed by atoms with van der Waals surface area (Å²) < 4.78 is 4.75. The van der Waals surface area contributed by atoms with Crippen molar-refractivity contribution in [1.29, 1.82) is 0 Å². The summed E-state index contributed by atoms with van der Waals surface area (Å²) in [7, 11) is 0. The summed E-state index contributed by atoms with van der Waals surface area (Å²) in [6, 6.07) is 0. The predicted molar refractivity (Wildman–Crippen MR) is 61.0 cm³/mol. The Morgan fingerprint density at radius 2 is 1.75 bits per heavy atom. The normalized spacial score (nSPS) is 9.62. The molecule has 3 N–H and O–H groups in total. The Labute approximate surface area is 97.1 Å². The zero-order valence-corrected chi connectivity index (χ0v) is 10.2. The number of hydrogen-bond acceptors (Lipinski definition) is 5. The van der Waals surface area contributed by atoms with E-state index in [0.29, 0.717) is 13.0 Å². The lowest BCUT2D eigenvalue weighted by molar-refractivity contribution is -0.143. The van der Waals surface area contributed by atoms with Crippen LogP contribution in [0.15, 0.2) is 0 Å². The summed E-state index contributed by atoms with van der Waals surface area (Å²) in [5, 5.41) is 24.0. The van der Waals surface area contributed by atoms with Crippen molar-refractivity contribution in [3.05, 3.63) is 0 Å². The fourth-order valence-electron chi connectivity index (χ4n) is 0.810. The molecule has 0 heterocycles. The van der Waals surface area contributed by atoms with E-state index in [1.54, 1.807) is 0 Å². The van der Waals surface area contributed by atoms with Crippen LogP contribution in [-0.4, -0.2) is 47.2 Å². The zero-order chi connectivity index (χ0) is 12.8. The topological polar surface area (TPSA) is 87.0 Å². The van der Waals surface area contributed by atoms with Gasteiger partial charge in [0, 0.05) is 6.42 Å². The van der Waals surface area contributed by atoms with Crippen molar-refractivity contribution in [2.75, 3.05) is 19.8 Å². The summed E-state index contributed by atoms with van der Waals surface area (Å²) in [5.41, 5.74) is 0. The molecule has 0 spiro atoms. The van der Waals surface area contributed by atoms with E-state index >= 15 is 0 Å². The van der Waals surface area contributed by atoms with Crippen molar-refractivity contribution >= 4 is 5.97 Å². The van der Waals surface area contributed by atoms with Gasteiger partial charge in [0.25, 0.3) is 0 Å². The minimum Gasteiger partial charge on any atom is -0.466 e. The monoisotopic (exact) mass is 236 g/mol. The second-order valence-electron chi connectivity index (χ2n) is 3.28. The van der Waals surface area contributed by atoms with Crippen molar-refractivity contribution in [1.82, 2.24) is 0 Å². The summed E-state index contributed by atoms with van der Waals surface area (Å²) in [4.78, 5) is 10.7. The Morgan fingerprint density at radius 3 is 2.06 bits per heavy atom. The van der Waals surface area contributed by atoms with E-state index in [-0.39, 0.29) is 19.2 Å². The highest BCUT2D eigenvalue weighted by molar-refractivity contribution is 5.69. The van der Waals surface area contributed by atoms with Crippen molar-refractivity contribution in [3.63, 3.8) is 0 Å². The lowest BCUT2D eigenvalue weighted by atomic mass is 10.2. The molecule has 0 fully saturated rings. The maximum atomic E-state index is 10.7. The Balaban J connectivity index is 0. The molecule has 0 aliphatic carbocycles. The van der Waals surface area contributed by atoms with E-state index in [4.69, 9.17) is 20.1 Å². The number of ether oxygens (including phenoxy) is 1. The van der Waals surface area contributed by atoms with Crippen molar-refractivity contribution in [3.8, 4) is 0 Å². The Bertz CT molecular complexity index is 145. The summed E-state index contributed by atoms with van der Waals surface area (Å²) in [6.07, 6.45) is 2.87. The highest BCUT2D eigenvalue weighted by Gasteiger charge is 1.98. The molecule has 0 rings (SSSR count). The number of carbonyl (C=O) groups is 1. The molecule has 0 atom stereocenters. The molecule has 0 unspecified atom stereocenters. The molecule has 0 saturated heterocycles. The minimum atomic E-state index is -0.954. The SMILES string of the molecule is CCCCCC(=O)OCC.OCC(O)CO. The summed E-state index contributed by atoms with van der Waals surface area (Å²) in [6.45, 7) is 3.72. The first-order valence-electron chi connectivity index (χ1n) is 5.67. The van der Waals surface area contributed by atoms with Crippen LogP contribution >= 0.6 is 0 Å². The van der Waals surface area contributed by atoms with Gasteiger partial charge in [0.1, 0.15) is 6.10 Å². The van der Waals surface area contributed by atoms with Crippen LogP contribution in [0.5, 0.6) is 0 Å². The average molecular weight is 236 g/mol. The third-order valence-electron chi connectivity index (χ3n) is 1.71. The highest BCUT2D eigenvalue weighted by atomic mass is 16.5. The fraction of sp³-hybridized carbons (Fsp3) is 0.909. The van der Waals surface area contributed by atoms with Crippen LogP contribution in [0.25, 0.3) is 0 Å².